The number of hydrogen-bond donors (Lipinski definition) is 1. The Bertz CT molecular complexity index is 766. The summed E-state index contributed by atoms with van der Waals surface area (Å²) < 4.78 is 0.956. The number of amides is 1. The molecule has 3 rings (SSSR count). The molecule has 1 aliphatic heterocycles. The summed E-state index contributed by atoms with van der Waals surface area (Å²) >= 11 is 9.26. The van der Waals surface area contributed by atoms with Crippen LogP contribution in [0.15, 0.2) is 63.7 Å². The zero-order valence-corrected chi connectivity index (χ0v) is 13.1. The topological polar surface area (TPSA) is 41.5 Å². The molecule has 1 amide bonds. The van der Waals surface area contributed by atoms with Crippen molar-refractivity contribution >= 4 is 45.3 Å². The van der Waals surface area contributed by atoms with Crippen molar-refractivity contribution in [3.63, 3.8) is 0 Å². The standard InChI is InChI=1S/C16H10BrClN2O/c17-12-3-1-2-10(8-12)9-14-16(21)20-15(19-14)11-4-6-13(18)7-5-11/h1-9H,(H,19,20,21)/b14-9+. The van der Waals surface area contributed by atoms with Gasteiger partial charge < -0.3 is 5.32 Å². The van der Waals surface area contributed by atoms with E-state index in [4.69, 9.17) is 11.6 Å². The third kappa shape index (κ3) is 3.23. The number of carbonyl (C=O) groups is 1. The Labute approximate surface area is 135 Å². The lowest BCUT2D eigenvalue weighted by Gasteiger charge is -1.99. The quantitative estimate of drug-likeness (QED) is 0.807. The summed E-state index contributed by atoms with van der Waals surface area (Å²) in [6.45, 7) is 0. The van der Waals surface area contributed by atoms with E-state index in [0.29, 0.717) is 16.6 Å². The molecule has 1 N–H and O–H groups in total. The molecule has 0 bridgehead atoms. The molecule has 21 heavy (non-hydrogen) atoms. The van der Waals surface area contributed by atoms with Crippen LogP contribution in [0.4, 0.5) is 0 Å². The van der Waals surface area contributed by atoms with Gasteiger partial charge in [-0.1, -0.05) is 39.7 Å². The van der Waals surface area contributed by atoms with Gasteiger partial charge in [0.1, 0.15) is 11.5 Å². The predicted octanol–water partition coefficient (Wildman–Crippen LogP) is 4.02. The van der Waals surface area contributed by atoms with Crippen LogP contribution in [0.25, 0.3) is 6.08 Å². The van der Waals surface area contributed by atoms with Gasteiger partial charge in [-0.15, -0.1) is 0 Å². The normalized spacial score (nSPS) is 16.0. The highest BCUT2D eigenvalue weighted by atomic mass is 79.9. The maximum atomic E-state index is 12.0. The molecule has 1 aliphatic rings. The molecule has 0 saturated carbocycles. The number of amidine groups is 1. The smallest absolute Gasteiger partial charge is 0.275 e. The number of nitrogens with one attached hydrogen (secondary N) is 1. The van der Waals surface area contributed by atoms with Crippen LogP contribution in [0.3, 0.4) is 0 Å². The summed E-state index contributed by atoms with van der Waals surface area (Å²) in [5, 5.41) is 3.41. The highest BCUT2D eigenvalue weighted by molar-refractivity contribution is 9.10. The van der Waals surface area contributed by atoms with E-state index in [1.807, 2.05) is 36.4 Å². The Kier molecular flexibility index (Phi) is 3.90. The lowest BCUT2D eigenvalue weighted by atomic mass is 10.2. The van der Waals surface area contributed by atoms with Crippen LogP contribution in [-0.2, 0) is 4.79 Å². The Morgan fingerprint density at radius 1 is 1.14 bits per heavy atom. The molecule has 5 heteroatoms. The molecule has 2 aromatic carbocycles. The third-order valence-corrected chi connectivity index (χ3v) is 3.71. The van der Waals surface area contributed by atoms with Gasteiger partial charge in [-0.3, -0.25) is 4.79 Å². The van der Waals surface area contributed by atoms with Gasteiger partial charge in [0.15, 0.2) is 0 Å². The lowest BCUT2D eigenvalue weighted by Crippen LogP contribution is -2.24. The molecule has 0 aromatic heterocycles. The summed E-state index contributed by atoms with van der Waals surface area (Å²) in [6.07, 6.45) is 1.75. The first kappa shape index (κ1) is 14.0. The first-order chi connectivity index (χ1) is 10.1. The highest BCUT2D eigenvalue weighted by Gasteiger charge is 2.20. The van der Waals surface area contributed by atoms with Gasteiger partial charge in [0.25, 0.3) is 5.91 Å². The average Bonchev–Trinajstić information content (AvgIpc) is 2.81. The van der Waals surface area contributed by atoms with E-state index in [-0.39, 0.29) is 5.91 Å². The van der Waals surface area contributed by atoms with E-state index in [1.165, 1.54) is 0 Å². The van der Waals surface area contributed by atoms with Crippen LogP contribution >= 0.6 is 27.5 Å². The summed E-state index contributed by atoms with van der Waals surface area (Å²) in [4.78, 5) is 16.3. The van der Waals surface area contributed by atoms with Crippen LogP contribution in [0.5, 0.6) is 0 Å². The second-order valence-electron chi connectivity index (χ2n) is 4.51. The Balaban J connectivity index is 1.93. The third-order valence-electron chi connectivity index (χ3n) is 2.97. The van der Waals surface area contributed by atoms with E-state index < -0.39 is 0 Å². The fourth-order valence-corrected chi connectivity index (χ4v) is 2.51. The number of aliphatic imine (C=N–C) groups is 1. The molecule has 0 aliphatic carbocycles. The van der Waals surface area contributed by atoms with E-state index in [0.717, 1.165) is 15.6 Å². The lowest BCUT2D eigenvalue weighted by molar-refractivity contribution is -0.115. The van der Waals surface area contributed by atoms with Gasteiger partial charge in [0, 0.05) is 15.1 Å². The number of benzene rings is 2. The number of nitrogens with zero attached hydrogens (tertiary/aromatic N) is 1. The van der Waals surface area contributed by atoms with Crippen LogP contribution in [0, 0.1) is 0 Å². The van der Waals surface area contributed by atoms with Crippen molar-refractivity contribution in [1.82, 2.24) is 5.32 Å². The second-order valence-corrected chi connectivity index (χ2v) is 5.86. The molecular weight excluding hydrogens is 352 g/mol. The van der Waals surface area contributed by atoms with E-state index in [2.05, 4.69) is 26.2 Å². The van der Waals surface area contributed by atoms with E-state index >= 15 is 0 Å². The first-order valence-corrected chi connectivity index (χ1v) is 7.42. The molecule has 0 radical (unpaired) electrons. The summed E-state index contributed by atoms with van der Waals surface area (Å²) in [5.74, 6) is 0.331. The first-order valence-electron chi connectivity index (χ1n) is 6.25. The van der Waals surface area contributed by atoms with Crippen molar-refractivity contribution in [3.05, 3.63) is 74.9 Å². The molecule has 0 atom stereocenters. The second kappa shape index (κ2) is 5.84. The van der Waals surface area contributed by atoms with Gasteiger partial charge in [0.2, 0.25) is 0 Å². The van der Waals surface area contributed by atoms with Crippen LogP contribution < -0.4 is 5.32 Å². The van der Waals surface area contributed by atoms with Gasteiger partial charge in [-0.25, -0.2) is 4.99 Å². The van der Waals surface area contributed by atoms with Gasteiger partial charge in [0.05, 0.1) is 0 Å². The molecule has 0 fully saturated rings. The minimum atomic E-state index is -0.208. The number of carbonyl (C=O) groups excluding carboxylic acids is 1. The summed E-state index contributed by atoms with van der Waals surface area (Å²) in [6, 6.07) is 14.9. The maximum absolute atomic E-state index is 12.0. The molecule has 1 heterocycles. The molecule has 0 saturated heterocycles. The summed E-state index contributed by atoms with van der Waals surface area (Å²) in [5.41, 5.74) is 2.12. The predicted molar refractivity (Wildman–Crippen MR) is 88.3 cm³/mol. The van der Waals surface area contributed by atoms with Gasteiger partial charge in [-0.2, -0.15) is 0 Å². The van der Waals surface area contributed by atoms with Gasteiger partial charge in [-0.05, 0) is 48.0 Å². The highest BCUT2D eigenvalue weighted by Crippen LogP contribution is 2.18. The van der Waals surface area contributed by atoms with E-state index in [9.17, 15) is 4.79 Å². The Morgan fingerprint density at radius 2 is 1.90 bits per heavy atom. The molecule has 104 valence electrons. The van der Waals surface area contributed by atoms with Crippen LogP contribution in [-0.4, -0.2) is 11.7 Å². The van der Waals surface area contributed by atoms with Crippen molar-refractivity contribution in [2.75, 3.05) is 0 Å². The minimum Gasteiger partial charge on any atom is -0.305 e. The molecule has 0 spiro atoms. The van der Waals surface area contributed by atoms with Crippen molar-refractivity contribution in [3.8, 4) is 0 Å². The fraction of sp³-hybridized carbons (Fsp3) is 0. The molecular formula is C16H10BrClN2O. The Hall–Kier alpha value is -1.91. The van der Waals surface area contributed by atoms with Crippen LogP contribution in [0.2, 0.25) is 5.02 Å². The SMILES string of the molecule is O=C1NC(c2ccc(Cl)cc2)=N/C1=C/c1cccc(Br)c1. The zero-order chi connectivity index (χ0) is 14.8. The average molecular weight is 362 g/mol. The monoisotopic (exact) mass is 360 g/mol. The minimum absolute atomic E-state index is 0.208. The van der Waals surface area contributed by atoms with E-state index in [1.54, 1.807) is 18.2 Å². The number of hydrogen-bond acceptors (Lipinski definition) is 2. The molecule has 2 aromatic rings. The van der Waals surface area contributed by atoms with Crippen molar-refractivity contribution < 1.29 is 4.79 Å². The zero-order valence-electron chi connectivity index (χ0n) is 10.8. The fourth-order valence-electron chi connectivity index (χ4n) is 1.97. The van der Waals surface area contributed by atoms with Gasteiger partial charge >= 0.3 is 0 Å². The number of rotatable bonds is 2. The van der Waals surface area contributed by atoms with Crippen molar-refractivity contribution in [2.24, 2.45) is 4.99 Å². The maximum Gasteiger partial charge on any atom is 0.275 e. The molecule has 0 unspecified atom stereocenters. The van der Waals surface area contributed by atoms with Crippen molar-refractivity contribution in [1.29, 1.82) is 0 Å². The van der Waals surface area contributed by atoms with Crippen LogP contribution in [0.1, 0.15) is 11.1 Å². The number of halogens is 2. The molecule has 3 nitrogen and oxygen atoms in total. The largest absolute Gasteiger partial charge is 0.305 e. The summed E-state index contributed by atoms with van der Waals surface area (Å²) in [7, 11) is 0. The van der Waals surface area contributed by atoms with Crippen molar-refractivity contribution in [2.45, 2.75) is 0 Å². The Morgan fingerprint density at radius 3 is 2.62 bits per heavy atom.